The molecule has 34 heavy (non-hydrogen) atoms. The molecule has 0 aromatic heterocycles. The Labute approximate surface area is 202 Å². The maximum Gasteiger partial charge on any atom is 0.335 e. The van der Waals surface area contributed by atoms with Crippen LogP contribution in [-0.4, -0.2) is 48.1 Å². The zero-order valence-electron chi connectivity index (χ0n) is 21.0. The molecule has 3 atom stereocenters. The lowest BCUT2D eigenvalue weighted by atomic mass is 9.85. The molecule has 0 saturated carbocycles. The predicted molar refractivity (Wildman–Crippen MR) is 130 cm³/mol. The smallest absolute Gasteiger partial charge is 0.335 e. The summed E-state index contributed by atoms with van der Waals surface area (Å²) in [4.78, 5) is 39.7. The third-order valence-corrected chi connectivity index (χ3v) is 6.23. The molecular weight excluding hydrogens is 434 g/mol. The SMILES string of the molecule is CC(C)[C@@H]1NC(=O)CCCCCNc2ccc(cc2)[C@@H]2OCC[C@@]2(C(=O)OC(C)(C)C)NC1=O. The van der Waals surface area contributed by atoms with E-state index in [1.807, 2.05) is 38.1 Å². The second-order valence-electron chi connectivity index (χ2n) is 10.6. The van der Waals surface area contributed by atoms with Crippen molar-refractivity contribution in [1.29, 1.82) is 0 Å². The van der Waals surface area contributed by atoms with Crippen LogP contribution in [0.1, 0.15) is 78.4 Å². The lowest BCUT2D eigenvalue weighted by molar-refractivity contribution is -0.168. The van der Waals surface area contributed by atoms with Gasteiger partial charge in [0, 0.05) is 25.1 Å². The van der Waals surface area contributed by atoms with E-state index in [0.29, 0.717) is 13.0 Å². The maximum absolute atomic E-state index is 13.6. The van der Waals surface area contributed by atoms with E-state index in [-0.39, 0.29) is 18.2 Å². The average molecular weight is 474 g/mol. The Bertz CT molecular complexity index is 877. The summed E-state index contributed by atoms with van der Waals surface area (Å²) in [6.45, 7) is 10.2. The fourth-order valence-electron chi connectivity index (χ4n) is 4.42. The summed E-state index contributed by atoms with van der Waals surface area (Å²) in [7, 11) is 0. The molecule has 0 spiro atoms. The van der Waals surface area contributed by atoms with Crippen LogP contribution in [0.3, 0.4) is 0 Å². The van der Waals surface area contributed by atoms with Gasteiger partial charge in [-0.1, -0.05) is 32.4 Å². The van der Waals surface area contributed by atoms with E-state index in [0.717, 1.165) is 37.1 Å². The van der Waals surface area contributed by atoms with Crippen LogP contribution >= 0.6 is 0 Å². The van der Waals surface area contributed by atoms with Gasteiger partial charge < -0.3 is 25.4 Å². The second kappa shape index (κ2) is 10.8. The number of ether oxygens (including phenoxy) is 2. The summed E-state index contributed by atoms with van der Waals surface area (Å²) < 4.78 is 11.8. The minimum atomic E-state index is -1.40. The first-order chi connectivity index (χ1) is 16.0. The van der Waals surface area contributed by atoms with E-state index in [4.69, 9.17) is 9.47 Å². The van der Waals surface area contributed by atoms with Crippen molar-refractivity contribution in [3.05, 3.63) is 29.8 Å². The number of amides is 2. The second-order valence-corrected chi connectivity index (χ2v) is 10.6. The number of esters is 1. The van der Waals surface area contributed by atoms with Crippen LogP contribution in [0.4, 0.5) is 5.69 Å². The highest BCUT2D eigenvalue weighted by atomic mass is 16.6. The third kappa shape index (κ3) is 6.29. The zero-order valence-corrected chi connectivity index (χ0v) is 21.0. The van der Waals surface area contributed by atoms with Crippen molar-refractivity contribution >= 4 is 23.5 Å². The predicted octanol–water partition coefficient (Wildman–Crippen LogP) is 3.47. The highest BCUT2D eigenvalue weighted by Gasteiger charge is 2.55. The molecule has 0 aliphatic carbocycles. The number of hydrogen-bond acceptors (Lipinski definition) is 6. The van der Waals surface area contributed by atoms with Gasteiger partial charge in [-0.15, -0.1) is 0 Å². The van der Waals surface area contributed by atoms with Gasteiger partial charge in [0.05, 0.1) is 6.61 Å². The van der Waals surface area contributed by atoms with Crippen LogP contribution in [0.25, 0.3) is 0 Å². The molecule has 1 fully saturated rings. The fourth-order valence-corrected chi connectivity index (χ4v) is 4.42. The van der Waals surface area contributed by atoms with E-state index in [1.54, 1.807) is 20.8 Å². The average Bonchev–Trinajstić information content (AvgIpc) is 3.17. The van der Waals surface area contributed by atoms with E-state index >= 15 is 0 Å². The highest BCUT2D eigenvalue weighted by Crippen LogP contribution is 2.40. The van der Waals surface area contributed by atoms with Gasteiger partial charge in [0.2, 0.25) is 11.8 Å². The number of rotatable bonds is 2. The van der Waals surface area contributed by atoms with E-state index in [9.17, 15) is 14.4 Å². The Balaban J connectivity index is 2.01. The van der Waals surface area contributed by atoms with Crippen LogP contribution in [-0.2, 0) is 23.9 Å². The minimum absolute atomic E-state index is 0.161. The van der Waals surface area contributed by atoms with Gasteiger partial charge in [0.25, 0.3) is 0 Å². The quantitative estimate of drug-likeness (QED) is 0.568. The van der Waals surface area contributed by atoms with Crippen LogP contribution in [0.2, 0.25) is 0 Å². The fraction of sp³-hybridized carbons (Fsp3) is 0.654. The molecule has 2 bridgehead atoms. The van der Waals surface area contributed by atoms with Crippen molar-refractivity contribution in [3.63, 3.8) is 0 Å². The van der Waals surface area contributed by atoms with Gasteiger partial charge >= 0.3 is 5.97 Å². The number of benzene rings is 1. The van der Waals surface area contributed by atoms with Crippen molar-refractivity contribution < 1.29 is 23.9 Å². The summed E-state index contributed by atoms with van der Waals surface area (Å²) >= 11 is 0. The zero-order chi connectivity index (χ0) is 24.9. The number of carbonyl (C=O) groups is 3. The van der Waals surface area contributed by atoms with E-state index in [1.165, 1.54) is 0 Å². The molecule has 3 aliphatic heterocycles. The molecule has 8 heteroatoms. The van der Waals surface area contributed by atoms with Crippen molar-refractivity contribution in [1.82, 2.24) is 10.6 Å². The number of nitrogens with one attached hydrogen (secondary N) is 3. The van der Waals surface area contributed by atoms with Crippen molar-refractivity contribution in [2.24, 2.45) is 5.92 Å². The molecule has 0 radical (unpaired) electrons. The summed E-state index contributed by atoms with van der Waals surface area (Å²) in [5, 5.41) is 9.25. The van der Waals surface area contributed by atoms with Crippen LogP contribution < -0.4 is 16.0 Å². The van der Waals surface area contributed by atoms with Crippen molar-refractivity contribution in [3.8, 4) is 0 Å². The molecule has 4 rings (SSSR count). The van der Waals surface area contributed by atoms with Crippen LogP contribution in [0.5, 0.6) is 0 Å². The van der Waals surface area contributed by atoms with E-state index in [2.05, 4.69) is 16.0 Å². The Morgan fingerprint density at radius 2 is 1.82 bits per heavy atom. The summed E-state index contributed by atoms with van der Waals surface area (Å²) in [6.07, 6.45) is 2.52. The summed E-state index contributed by atoms with van der Waals surface area (Å²) in [5.74, 6) is -1.27. The third-order valence-electron chi connectivity index (χ3n) is 6.23. The molecule has 3 aliphatic rings. The summed E-state index contributed by atoms with van der Waals surface area (Å²) in [6, 6.07) is 6.98. The molecular formula is C26H39N3O5. The molecule has 0 unspecified atom stereocenters. The summed E-state index contributed by atoms with van der Waals surface area (Å²) in [5.41, 5.74) is -0.388. The first kappa shape index (κ1) is 26.0. The molecule has 8 nitrogen and oxygen atoms in total. The van der Waals surface area contributed by atoms with Crippen LogP contribution in [0, 0.1) is 5.92 Å². The standard InChI is InChI=1S/C26H39N3O5/c1-17(2)21-23(31)29-26(24(32)34-25(3,4)5)14-16-33-22(26)18-10-12-19(13-11-18)27-15-8-6-7-9-20(30)28-21/h10-13,17,21-22,27H,6-9,14-16H2,1-5H3,(H,28,30)(H,29,31)/t21-,22-,26+/m0/s1. The van der Waals surface area contributed by atoms with Crippen LogP contribution in [0.15, 0.2) is 24.3 Å². The van der Waals surface area contributed by atoms with Gasteiger partial charge in [-0.3, -0.25) is 9.59 Å². The van der Waals surface area contributed by atoms with Gasteiger partial charge in [-0.05, 0) is 57.2 Å². The Morgan fingerprint density at radius 1 is 1.12 bits per heavy atom. The number of anilines is 1. The lowest BCUT2D eigenvalue weighted by Crippen LogP contribution is -2.62. The normalized spacial score (nSPS) is 26.8. The highest BCUT2D eigenvalue weighted by molar-refractivity contribution is 5.93. The monoisotopic (exact) mass is 473 g/mol. The Kier molecular flexibility index (Phi) is 8.23. The minimum Gasteiger partial charge on any atom is -0.458 e. The van der Waals surface area contributed by atoms with Gasteiger partial charge in [0.15, 0.2) is 5.54 Å². The number of hydrogen-bond donors (Lipinski definition) is 3. The number of carbonyl (C=O) groups excluding carboxylic acids is 3. The molecule has 2 amide bonds. The molecule has 3 heterocycles. The van der Waals surface area contributed by atoms with Gasteiger partial charge in [0.1, 0.15) is 17.7 Å². The van der Waals surface area contributed by atoms with Gasteiger partial charge in [-0.2, -0.15) is 0 Å². The molecule has 1 saturated heterocycles. The molecule has 188 valence electrons. The van der Waals surface area contributed by atoms with Crippen molar-refractivity contribution in [2.45, 2.75) is 90.0 Å². The topological polar surface area (TPSA) is 106 Å². The Hall–Kier alpha value is -2.61. The number of fused-ring (bicyclic) bond motifs is 12. The largest absolute Gasteiger partial charge is 0.458 e. The molecule has 1 aromatic carbocycles. The molecule has 3 N–H and O–H groups in total. The first-order valence-corrected chi connectivity index (χ1v) is 12.3. The van der Waals surface area contributed by atoms with Crippen molar-refractivity contribution in [2.75, 3.05) is 18.5 Å². The Morgan fingerprint density at radius 3 is 2.47 bits per heavy atom. The van der Waals surface area contributed by atoms with E-state index < -0.39 is 35.2 Å². The maximum atomic E-state index is 13.6. The lowest BCUT2D eigenvalue weighted by Gasteiger charge is -2.37. The molecule has 1 aromatic rings. The first-order valence-electron chi connectivity index (χ1n) is 12.3. The van der Waals surface area contributed by atoms with Gasteiger partial charge in [-0.25, -0.2) is 4.79 Å².